The van der Waals surface area contributed by atoms with Crippen molar-refractivity contribution in [3.05, 3.63) is 11.6 Å². The maximum Gasteiger partial charge on any atom is 0.334 e. The summed E-state index contributed by atoms with van der Waals surface area (Å²) < 4.78 is 11.2. The predicted molar refractivity (Wildman–Crippen MR) is 165 cm³/mol. The molecule has 1 saturated heterocycles. The summed E-state index contributed by atoms with van der Waals surface area (Å²) in [5.41, 5.74) is 0.877. The number of carbonyl (C=O) groups is 1. The number of aliphatic hydroxyl groups excluding tert-OH is 2. The van der Waals surface area contributed by atoms with E-state index in [4.69, 9.17) is 9.47 Å². The van der Waals surface area contributed by atoms with Gasteiger partial charge in [-0.1, -0.05) is 129 Å². The molecule has 2 aliphatic rings. The fraction of sp³-hybridized carbons (Fsp3) is 0.914. The van der Waals surface area contributed by atoms with Crippen molar-refractivity contribution < 1.29 is 24.5 Å². The van der Waals surface area contributed by atoms with Crippen LogP contribution >= 0.6 is 0 Å². The van der Waals surface area contributed by atoms with E-state index in [1.807, 2.05) is 13.0 Å². The molecule has 0 aromatic carbocycles. The summed E-state index contributed by atoms with van der Waals surface area (Å²) in [5.74, 6) is -0.111. The molecule has 0 radical (unpaired) electrons. The summed E-state index contributed by atoms with van der Waals surface area (Å²) in [6.45, 7) is 4.17. The summed E-state index contributed by atoms with van der Waals surface area (Å²) in [7, 11) is 0. The van der Waals surface area contributed by atoms with Crippen LogP contribution in [0, 0.1) is 0 Å². The zero-order valence-corrected chi connectivity index (χ0v) is 26.3. The number of unbranched alkanes of at least 4 members (excludes halogenated alkanes) is 18. The second-order valence-electron chi connectivity index (χ2n) is 12.8. The molecule has 234 valence electrons. The molecule has 5 heteroatoms. The van der Waals surface area contributed by atoms with Gasteiger partial charge in [-0.2, -0.15) is 0 Å². The normalized spacial score (nSPS) is 22.4. The van der Waals surface area contributed by atoms with Gasteiger partial charge in [0, 0.05) is 5.57 Å². The molecule has 0 unspecified atom stereocenters. The molecule has 0 spiro atoms. The third-order valence-electron chi connectivity index (χ3n) is 8.98. The van der Waals surface area contributed by atoms with Crippen LogP contribution in [0.25, 0.3) is 0 Å². The van der Waals surface area contributed by atoms with Crippen LogP contribution in [0.4, 0.5) is 0 Å². The van der Waals surface area contributed by atoms with Gasteiger partial charge >= 0.3 is 5.97 Å². The SMILES string of the molecule is CCCCCCCCCC[C@@H](O)[C@@H]1CC[C@@H]([C@@H](O)CCCCCCCCCCCCCCC2=C[C@H](C)OC2=O)O1. The van der Waals surface area contributed by atoms with Gasteiger partial charge in [-0.3, -0.25) is 0 Å². The number of cyclic esters (lactones) is 1. The van der Waals surface area contributed by atoms with Gasteiger partial charge in [0.25, 0.3) is 0 Å². The average molecular weight is 565 g/mol. The summed E-state index contributed by atoms with van der Waals surface area (Å²) in [6.07, 6.45) is 30.6. The van der Waals surface area contributed by atoms with Gasteiger partial charge in [0.05, 0.1) is 24.4 Å². The van der Waals surface area contributed by atoms with Gasteiger partial charge in [0.2, 0.25) is 0 Å². The van der Waals surface area contributed by atoms with Crippen LogP contribution < -0.4 is 0 Å². The van der Waals surface area contributed by atoms with Gasteiger partial charge < -0.3 is 19.7 Å². The molecule has 0 aromatic heterocycles. The summed E-state index contributed by atoms with van der Waals surface area (Å²) in [4.78, 5) is 11.6. The Bertz CT molecular complexity index is 662. The monoisotopic (exact) mass is 564 g/mol. The van der Waals surface area contributed by atoms with Crippen molar-refractivity contribution in [2.75, 3.05) is 0 Å². The number of carbonyl (C=O) groups excluding carboxylic acids is 1. The van der Waals surface area contributed by atoms with Crippen LogP contribution in [0.2, 0.25) is 0 Å². The van der Waals surface area contributed by atoms with Gasteiger partial charge in [-0.05, 0) is 51.5 Å². The Hall–Kier alpha value is -0.910. The van der Waals surface area contributed by atoms with Crippen LogP contribution in [0.5, 0.6) is 0 Å². The molecule has 0 amide bonds. The van der Waals surface area contributed by atoms with Gasteiger partial charge in [-0.25, -0.2) is 4.79 Å². The highest BCUT2D eigenvalue weighted by Crippen LogP contribution is 2.28. The number of aliphatic hydroxyl groups is 2. The number of hydrogen-bond donors (Lipinski definition) is 2. The van der Waals surface area contributed by atoms with Crippen molar-refractivity contribution in [2.24, 2.45) is 0 Å². The molecular formula is C35H64O5. The second kappa shape index (κ2) is 22.7. The van der Waals surface area contributed by atoms with E-state index in [9.17, 15) is 15.0 Å². The summed E-state index contributed by atoms with van der Waals surface area (Å²) in [6, 6.07) is 0. The van der Waals surface area contributed by atoms with Crippen LogP contribution in [-0.4, -0.2) is 46.7 Å². The largest absolute Gasteiger partial charge is 0.455 e. The van der Waals surface area contributed by atoms with Crippen molar-refractivity contribution in [3.63, 3.8) is 0 Å². The molecule has 0 bridgehead atoms. The zero-order chi connectivity index (χ0) is 28.8. The van der Waals surface area contributed by atoms with Crippen LogP contribution in [0.15, 0.2) is 11.6 Å². The fourth-order valence-electron chi connectivity index (χ4n) is 6.37. The number of ether oxygens (including phenoxy) is 2. The highest BCUT2D eigenvalue weighted by Gasteiger charge is 2.34. The van der Waals surface area contributed by atoms with Crippen molar-refractivity contribution >= 4 is 5.97 Å². The minimum absolute atomic E-state index is 0.0384. The van der Waals surface area contributed by atoms with Gasteiger partial charge in [0.15, 0.2) is 0 Å². The van der Waals surface area contributed by atoms with E-state index in [0.29, 0.717) is 0 Å². The Morgan fingerprint density at radius 3 is 1.48 bits per heavy atom. The molecule has 2 heterocycles. The fourth-order valence-corrected chi connectivity index (χ4v) is 6.37. The number of esters is 1. The number of hydrogen-bond acceptors (Lipinski definition) is 5. The molecule has 2 rings (SSSR count). The first-order valence-electron chi connectivity index (χ1n) is 17.4. The van der Waals surface area contributed by atoms with E-state index in [1.54, 1.807) is 0 Å². The van der Waals surface area contributed by atoms with Crippen molar-refractivity contribution in [1.29, 1.82) is 0 Å². The van der Waals surface area contributed by atoms with E-state index in [2.05, 4.69) is 6.92 Å². The van der Waals surface area contributed by atoms with Gasteiger partial charge in [0.1, 0.15) is 6.10 Å². The lowest BCUT2D eigenvalue weighted by Crippen LogP contribution is -2.31. The summed E-state index contributed by atoms with van der Waals surface area (Å²) >= 11 is 0. The van der Waals surface area contributed by atoms with E-state index < -0.39 is 0 Å². The quantitative estimate of drug-likeness (QED) is 0.0809. The predicted octanol–water partition coefficient (Wildman–Crippen LogP) is 9.12. The van der Waals surface area contributed by atoms with Crippen molar-refractivity contribution in [1.82, 2.24) is 0 Å². The first-order valence-corrected chi connectivity index (χ1v) is 17.4. The molecule has 0 aromatic rings. The maximum absolute atomic E-state index is 11.6. The van der Waals surface area contributed by atoms with Gasteiger partial charge in [-0.15, -0.1) is 0 Å². The molecular weight excluding hydrogens is 500 g/mol. The first-order chi connectivity index (χ1) is 19.5. The minimum atomic E-state index is -0.382. The number of rotatable bonds is 26. The van der Waals surface area contributed by atoms with Crippen molar-refractivity contribution in [3.8, 4) is 0 Å². The third-order valence-corrected chi connectivity index (χ3v) is 8.98. The Morgan fingerprint density at radius 1 is 0.675 bits per heavy atom. The van der Waals surface area contributed by atoms with Crippen molar-refractivity contribution in [2.45, 2.75) is 205 Å². The lowest BCUT2D eigenvalue weighted by Gasteiger charge is -2.22. The Balaban J connectivity index is 1.33. The Morgan fingerprint density at radius 2 is 1.07 bits per heavy atom. The van der Waals surface area contributed by atoms with E-state index in [-0.39, 0.29) is 36.5 Å². The molecule has 2 aliphatic heterocycles. The van der Waals surface area contributed by atoms with Crippen LogP contribution in [-0.2, 0) is 14.3 Å². The Kier molecular flexibility index (Phi) is 20.0. The summed E-state index contributed by atoms with van der Waals surface area (Å²) in [5, 5.41) is 21.2. The lowest BCUT2D eigenvalue weighted by atomic mass is 10.00. The van der Waals surface area contributed by atoms with Crippen LogP contribution in [0.3, 0.4) is 0 Å². The lowest BCUT2D eigenvalue weighted by molar-refractivity contribution is -0.139. The highest BCUT2D eigenvalue weighted by molar-refractivity contribution is 5.90. The standard InChI is InChI=1S/C35H64O5/c1-3-4-5-6-7-15-18-21-24-31(36)33-26-27-34(40-33)32(37)25-22-19-16-13-11-9-8-10-12-14-17-20-23-30-28-29(2)39-35(30)38/h28-29,31-34,36-37H,3-27H2,1-2H3/t29-,31+,32-,33-,34-/m0/s1. The second-order valence-corrected chi connectivity index (χ2v) is 12.8. The highest BCUT2D eigenvalue weighted by atomic mass is 16.5. The smallest absolute Gasteiger partial charge is 0.334 e. The first kappa shape index (κ1) is 35.3. The Labute approximate surface area is 246 Å². The van der Waals surface area contributed by atoms with E-state index >= 15 is 0 Å². The average Bonchev–Trinajstić information content (AvgIpc) is 3.56. The molecule has 0 aliphatic carbocycles. The van der Waals surface area contributed by atoms with E-state index in [1.165, 1.54) is 109 Å². The minimum Gasteiger partial charge on any atom is -0.455 e. The molecule has 5 nitrogen and oxygen atoms in total. The molecule has 5 atom stereocenters. The molecule has 0 saturated carbocycles. The third kappa shape index (κ3) is 15.9. The van der Waals surface area contributed by atoms with Crippen LogP contribution in [0.1, 0.15) is 174 Å². The topological polar surface area (TPSA) is 76.0 Å². The molecule has 1 fully saturated rings. The molecule has 40 heavy (non-hydrogen) atoms. The molecule has 2 N–H and O–H groups in total. The zero-order valence-electron chi connectivity index (χ0n) is 26.3. The maximum atomic E-state index is 11.6. The van der Waals surface area contributed by atoms with E-state index in [0.717, 1.165) is 56.9 Å².